The molecule has 2 atom stereocenters. The van der Waals surface area contributed by atoms with Gasteiger partial charge in [0.25, 0.3) is 0 Å². The molecule has 7 nitrogen and oxygen atoms in total. The van der Waals surface area contributed by atoms with E-state index in [2.05, 4.69) is 10.6 Å². The maximum atomic E-state index is 12.2. The van der Waals surface area contributed by atoms with Gasteiger partial charge in [-0.05, 0) is 24.7 Å². The number of rotatable bonds is 4. The number of hydrogen-bond acceptors (Lipinski definition) is 4. The first-order valence-corrected chi connectivity index (χ1v) is 6.73. The first-order valence-electron chi connectivity index (χ1n) is 6.73. The number of benzene rings is 1. The molecule has 7 heteroatoms. The average Bonchev–Trinajstić information content (AvgIpc) is 2.82. The summed E-state index contributed by atoms with van der Waals surface area (Å²) in [5, 5.41) is 24.3. The van der Waals surface area contributed by atoms with E-state index in [0.29, 0.717) is 12.2 Å². The van der Waals surface area contributed by atoms with Gasteiger partial charge in [0.15, 0.2) is 0 Å². The van der Waals surface area contributed by atoms with Crippen LogP contribution in [0.3, 0.4) is 0 Å². The Bertz CT molecular complexity index is 535. The summed E-state index contributed by atoms with van der Waals surface area (Å²) in [6, 6.07) is 5.79. The summed E-state index contributed by atoms with van der Waals surface area (Å²) in [6.45, 7) is 0.697. The molecule has 1 aromatic carbocycles. The minimum Gasteiger partial charge on any atom is -0.480 e. The summed E-state index contributed by atoms with van der Waals surface area (Å²) in [6.07, 6.45) is -0.741. The fraction of sp³-hybridized carbons (Fsp3) is 0.429. The van der Waals surface area contributed by atoms with Crippen molar-refractivity contribution in [3.05, 3.63) is 29.8 Å². The number of aliphatic hydroxyl groups excluding tert-OH is 1. The molecule has 2 rings (SSSR count). The number of amides is 2. The minimum atomic E-state index is -1.11. The number of urea groups is 1. The Morgan fingerprint density at radius 1 is 1.43 bits per heavy atom. The molecule has 0 aliphatic carbocycles. The molecule has 114 valence electrons. The van der Waals surface area contributed by atoms with Crippen LogP contribution >= 0.6 is 0 Å². The van der Waals surface area contributed by atoms with Crippen molar-refractivity contribution in [1.82, 2.24) is 10.2 Å². The predicted molar refractivity (Wildman–Crippen MR) is 77.0 cm³/mol. The number of aliphatic hydroxyl groups is 1. The number of nitrogens with zero attached hydrogens (tertiary/aromatic N) is 1. The molecule has 0 aromatic heterocycles. The van der Waals surface area contributed by atoms with Crippen molar-refractivity contribution in [2.45, 2.75) is 25.1 Å². The van der Waals surface area contributed by atoms with Crippen molar-refractivity contribution in [1.29, 1.82) is 0 Å². The van der Waals surface area contributed by atoms with Gasteiger partial charge in [0.05, 0.1) is 6.10 Å². The highest BCUT2D eigenvalue weighted by Crippen LogP contribution is 2.20. The maximum Gasteiger partial charge on any atom is 0.326 e. The van der Waals surface area contributed by atoms with Gasteiger partial charge in [-0.3, -0.25) is 0 Å². The lowest BCUT2D eigenvalue weighted by atomic mass is 10.2. The number of aliphatic carboxylic acids is 1. The van der Waals surface area contributed by atoms with Crippen molar-refractivity contribution in [3.8, 4) is 0 Å². The molecule has 21 heavy (non-hydrogen) atoms. The summed E-state index contributed by atoms with van der Waals surface area (Å²) in [5.41, 5.74) is 1.60. The third-order valence-corrected chi connectivity index (χ3v) is 3.38. The number of carboxylic acid groups (broad SMARTS) is 1. The fourth-order valence-corrected chi connectivity index (χ4v) is 2.43. The van der Waals surface area contributed by atoms with Crippen LogP contribution in [0.15, 0.2) is 24.3 Å². The molecule has 1 aromatic rings. The summed E-state index contributed by atoms with van der Waals surface area (Å²) < 4.78 is 0. The van der Waals surface area contributed by atoms with Gasteiger partial charge < -0.3 is 25.7 Å². The van der Waals surface area contributed by atoms with E-state index in [0.717, 1.165) is 10.5 Å². The first-order chi connectivity index (χ1) is 10.0. The second-order valence-corrected chi connectivity index (χ2v) is 5.06. The zero-order valence-corrected chi connectivity index (χ0v) is 11.7. The largest absolute Gasteiger partial charge is 0.480 e. The number of carbonyl (C=O) groups excluding carboxylic acids is 1. The molecule has 1 heterocycles. The molecule has 0 bridgehead atoms. The number of nitrogens with one attached hydrogen (secondary N) is 2. The van der Waals surface area contributed by atoms with Gasteiger partial charge in [0.1, 0.15) is 6.04 Å². The van der Waals surface area contributed by atoms with Crippen LogP contribution in [-0.2, 0) is 11.3 Å². The topological polar surface area (TPSA) is 102 Å². The maximum absolute atomic E-state index is 12.2. The number of carboxylic acids is 1. The normalized spacial score (nSPS) is 21.3. The second-order valence-electron chi connectivity index (χ2n) is 5.06. The number of hydrogen-bond donors (Lipinski definition) is 4. The van der Waals surface area contributed by atoms with Crippen LogP contribution in [-0.4, -0.2) is 52.9 Å². The molecule has 0 unspecified atom stereocenters. The van der Waals surface area contributed by atoms with Gasteiger partial charge in [-0.1, -0.05) is 12.1 Å². The highest BCUT2D eigenvalue weighted by molar-refractivity contribution is 5.92. The van der Waals surface area contributed by atoms with Gasteiger partial charge in [-0.25, -0.2) is 9.59 Å². The minimum absolute atomic E-state index is 0.0268. The van der Waals surface area contributed by atoms with E-state index in [9.17, 15) is 14.7 Å². The molecular weight excluding hydrogens is 274 g/mol. The molecule has 1 fully saturated rings. The number of anilines is 1. The highest BCUT2D eigenvalue weighted by atomic mass is 16.4. The van der Waals surface area contributed by atoms with E-state index in [-0.39, 0.29) is 13.0 Å². The van der Waals surface area contributed by atoms with Crippen LogP contribution in [0, 0.1) is 0 Å². The monoisotopic (exact) mass is 293 g/mol. The Labute approximate surface area is 122 Å². The zero-order chi connectivity index (χ0) is 15.4. The lowest BCUT2D eigenvalue weighted by Gasteiger charge is -2.21. The molecule has 1 saturated heterocycles. The summed E-state index contributed by atoms with van der Waals surface area (Å²) in [4.78, 5) is 24.4. The van der Waals surface area contributed by atoms with Crippen LogP contribution in [0.2, 0.25) is 0 Å². The molecule has 1 aliphatic heterocycles. The first kappa shape index (κ1) is 15.3. The van der Waals surface area contributed by atoms with Crippen LogP contribution in [0.1, 0.15) is 12.0 Å². The van der Waals surface area contributed by atoms with Gasteiger partial charge >= 0.3 is 12.0 Å². The fourth-order valence-electron chi connectivity index (χ4n) is 2.43. The van der Waals surface area contributed by atoms with E-state index in [1.54, 1.807) is 6.07 Å². The SMILES string of the molecule is CNCc1cccc(NC(=O)N2C[C@@H](O)C[C@H]2C(=O)O)c1. The Kier molecular flexibility index (Phi) is 4.77. The standard InChI is InChI=1S/C14H19N3O4/c1-15-7-9-3-2-4-10(5-9)16-14(21)17-8-11(18)6-12(17)13(19)20/h2-5,11-12,15,18H,6-8H2,1H3,(H,16,21)(H,19,20)/t11-,12-/m0/s1. The second kappa shape index (κ2) is 6.55. The van der Waals surface area contributed by atoms with Crippen molar-refractivity contribution in [2.75, 3.05) is 18.9 Å². The van der Waals surface area contributed by atoms with Crippen molar-refractivity contribution < 1.29 is 19.8 Å². The lowest BCUT2D eigenvalue weighted by Crippen LogP contribution is -2.43. The molecule has 0 radical (unpaired) electrons. The van der Waals surface area contributed by atoms with Crippen LogP contribution < -0.4 is 10.6 Å². The van der Waals surface area contributed by atoms with E-state index < -0.39 is 24.1 Å². The summed E-state index contributed by atoms with van der Waals surface area (Å²) >= 11 is 0. The van der Waals surface area contributed by atoms with Crippen LogP contribution in [0.5, 0.6) is 0 Å². The Hall–Kier alpha value is -2.12. The Balaban J connectivity index is 2.07. The predicted octanol–water partition coefficient (Wildman–Crippen LogP) is 0.458. The van der Waals surface area contributed by atoms with Crippen LogP contribution in [0.25, 0.3) is 0 Å². The third kappa shape index (κ3) is 3.71. The van der Waals surface area contributed by atoms with E-state index in [1.165, 1.54) is 0 Å². The van der Waals surface area contributed by atoms with E-state index in [4.69, 9.17) is 5.11 Å². The Morgan fingerprint density at radius 3 is 2.86 bits per heavy atom. The van der Waals surface area contributed by atoms with Gasteiger partial charge in [-0.2, -0.15) is 0 Å². The number of carbonyl (C=O) groups is 2. The summed E-state index contributed by atoms with van der Waals surface area (Å²) in [7, 11) is 1.83. The van der Waals surface area contributed by atoms with Gasteiger partial charge in [-0.15, -0.1) is 0 Å². The number of likely N-dealkylation sites (tertiary alicyclic amines) is 1. The van der Waals surface area contributed by atoms with Gasteiger partial charge in [0, 0.05) is 25.2 Å². The van der Waals surface area contributed by atoms with Crippen LogP contribution in [0.4, 0.5) is 10.5 Å². The van der Waals surface area contributed by atoms with Crippen molar-refractivity contribution >= 4 is 17.7 Å². The molecule has 0 spiro atoms. The molecular formula is C14H19N3O4. The van der Waals surface area contributed by atoms with E-state index >= 15 is 0 Å². The summed E-state index contributed by atoms with van der Waals surface area (Å²) in [5.74, 6) is -1.11. The third-order valence-electron chi connectivity index (χ3n) is 3.38. The number of β-amino-alcohol motifs (C(OH)–C–C–N with tert-alkyl or cyclic N) is 1. The Morgan fingerprint density at radius 2 is 2.19 bits per heavy atom. The van der Waals surface area contributed by atoms with Crippen molar-refractivity contribution in [2.24, 2.45) is 0 Å². The average molecular weight is 293 g/mol. The molecule has 0 saturated carbocycles. The lowest BCUT2D eigenvalue weighted by molar-refractivity contribution is -0.141. The zero-order valence-electron chi connectivity index (χ0n) is 11.7. The quantitative estimate of drug-likeness (QED) is 0.646. The van der Waals surface area contributed by atoms with Gasteiger partial charge in [0.2, 0.25) is 0 Å². The molecule has 1 aliphatic rings. The smallest absolute Gasteiger partial charge is 0.326 e. The highest BCUT2D eigenvalue weighted by Gasteiger charge is 2.38. The van der Waals surface area contributed by atoms with Crippen molar-refractivity contribution in [3.63, 3.8) is 0 Å². The molecule has 2 amide bonds. The van der Waals surface area contributed by atoms with E-state index in [1.807, 2.05) is 25.2 Å². The molecule has 4 N–H and O–H groups in total.